The lowest BCUT2D eigenvalue weighted by molar-refractivity contribution is -0.199. The molecule has 0 aliphatic heterocycles. The molecule has 0 heterocycles. The topological polar surface area (TPSA) is 206 Å². The standard InChI is InChI=1S/C14H16N4O6/c15-7(21)11-1-12(8(16)22)3-14(5(11)19,10(18)24)4-13(2-11,6(12)20)9(17)23/h1-4H2,(H2,15,21)(H2,16,22)(H2,17,23)(H2,18,24). The third kappa shape index (κ3) is 1.33. The van der Waals surface area contributed by atoms with Crippen LogP contribution >= 0.6 is 0 Å². The van der Waals surface area contributed by atoms with E-state index in [9.17, 15) is 28.8 Å². The van der Waals surface area contributed by atoms with Crippen molar-refractivity contribution in [3.63, 3.8) is 0 Å². The molecule has 0 aromatic carbocycles. The highest BCUT2D eigenvalue weighted by Gasteiger charge is 2.82. The maximum atomic E-state index is 12.9. The molecule has 0 aromatic rings. The normalized spacial score (nSPS) is 42.8. The van der Waals surface area contributed by atoms with Crippen LogP contribution in [0.4, 0.5) is 0 Å². The van der Waals surface area contributed by atoms with Crippen molar-refractivity contribution in [2.45, 2.75) is 25.7 Å². The lowest BCUT2D eigenvalue weighted by atomic mass is 9.33. The number of carbonyl (C=O) groups excluding carboxylic acids is 6. The minimum absolute atomic E-state index is 0.563. The van der Waals surface area contributed by atoms with E-state index in [0.29, 0.717) is 0 Å². The largest absolute Gasteiger partial charge is 0.369 e. The quantitative estimate of drug-likeness (QED) is 0.384. The van der Waals surface area contributed by atoms with E-state index in [4.69, 9.17) is 22.9 Å². The second-order valence-electron chi connectivity index (χ2n) is 7.15. The Morgan fingerprint density at radius 3 is 0.833 bits per heavy atom. The Kier molecular flexibility index (Phi) is 2.68. The van der Waals surface area contributed by atoms with Gasteiger partial charge in [-0.3, -0.25) is 28.8 Å². The van der Waals surface area contributed by atoms with Gasteiger partial charge in [0.25, 0.3) is 0 Å². The lowest BCUT2D eigenvalue weighted by Gasteiger charge is -2.63. The molecule has 24 heavy (non-hydrogen) atoms. The third-order valence-electron chi connectivity index (χ3n) is 6.04. The monoisotopic (exact) mass is 336 g/mol. The molecule has 4 fully saturated rings. The molecule has 4 aliphatic carbocycles. The highest BCUT2D eigenvalue weighted by atomic mass is 16.2. The van der Waals surface area contributed by atoms with Crippen molar-refractivity contribution in [1.82, 2.24) is 0 Å². The first-order chi connectivity index (χ1) is 10.9. The molecule has 0 radical (unpaired) electrons. The Morgan fingerprint density at radius 1 is 0.542 bits per heavy atom. The second kappa shape index (κ2) is 4.00. The van der Waals surface area contributed by atoms with Crippen LogP contribution in [0.3, 0.4) is 0 Å². The van der Waals surface area contributed by atoms with E-state index in [0.717, 1.165) is 0 Å². The molecule has 10 nitrogen and oxygen atoms in total. The molecule has 0 atom stereocenters. The molecular formula is C14H16N4O6. The molecule has 4 amide bonds. The number of nitrogens with two attached hydrogens (primary N) is 4. The summed E-state index contributed by atoms with van der Waals surface area (Å²) in [4.78, 5) is 74.2. The zero-order valence-corrected chi connectivity index (χ0v) is 12.6. The van der Waals surface area contributed by atoms with Crippen LogP contribution in [0.1, 0.15) is 25.7 Å². The smallest absolute Gasteiger partial charge is 0.231 e. The summed E-state index contributed by atoms with van der Waals surface area (Å²) in [5.41, 5.74) is 13.3. The van der Waals surface area contributed by atoms with Gasteiger partial charge in [-0.25, -0.2) is 0 Å². The van der Waals surface area contributed by atoms with E-state index < -0.39 is 82.5 Å². The second-order valence-corrected chi connectivity index (χ2v) is 7.15. The summed E-state index contributed by atoms with van der Waals surface area (Å²) in [6.45, 7) is 0. The van der Waals surface area contributed by atoms with Gasteiger partial charge in [0.2, 0.25) is 23.6 Å². The molecule has 4 saturated carbocycles. The Morgan fingerprint density at radius 2 is 0.708 bits per heavy atom. The Labute approximate surface area is 135 Å². The van der Waals surface area contributed by atoms with Gasteiger partial charge in [-0.2, -0.15) is 0 Å². The number of ketones is 2. The number of primary amides is 4. The molecule has 4 bridgehead atoms. The van der Waals surface area contributed by atoms with E-state index in [1.807, 2.05) is 0 Å². The zero-order chi connectivity index (χ0) is 18.3. The van der Waals surface area contributed by atoms with Crippen LogP contribution in [0.2, 0.25) is 0 Å². The first kappa shape index (κ1) is 16.1. The van der Waals surface area contributed by atoms with Crippen LogP contribution in [-0.2, 0) is 28.8 Å². The molecule has 0 aromatic heterocycles. The number of amides is 4. The SMILES string of the molecule is NC(=O)C12CC3(C(N)=O)CC(C(N)=O)(CC(C(N)=O)(C1)C3=O)C2=O. The molecule has 0 saturated heterocycles. The predicted octanol–water partition coefficient (Wildman–Crippen LogP) is -3.39. The van der Waals surface area contributed by atoms with Crippen LogP contribution in [0, 0.1) is 21.7 Å². The van der Waals surface area contributed by atoms with Gasteiger partial charge in [0.1, 0.15) is 21.7 Å². The van der Waals surface area contributed by atoms with Crippen LogP contribution in [0.15, 0.2) is 0 Å². The predicted molar refractivity (Wildman–Crippen MR) is 75.0 cm³/mol. The number of hydrogen-bond donors (Lipinski definition) is 4. The van der Waals surface area contributed by atoms with Crippen molar-refractivity contribution in [3.8, 4) is 0 Å². The fraction of sp³-hybridized carbons (Fsp3) is 0.571. The fourth-order valence-corrected chi connectivity index (χ4v) is 5.01. The van der Waals surface area contributed by atoms with Crippen LogP contribution in [0.25, 0.3) is 0 Å². The molecule has 8 N–H and O–H groups in total. The van der Waals surface area contributed by atoms with Crippen molar-refractivity contribution in [1.29, 1.82) is 0 Å². The molecule has 10 heteroatoms. The summed E-state index contributed by atoms with van der Waals surface area (Å²) in [6.07, 6.45) is -2.25. The summed E-state index contributed by atoms with van der Waals surface area (Å²) < 4.78 is 0. The van der Waals surface area contributed by atoms with E-state index >= 15 is 0 Å². The van der Waals surface area contributed by atoms with Gasteiger partial charge in [-0.15, -0.1) is 0 Å². The van der Waals surface area contributed by atoms with Crippen molar-refractivity contribution >= 4 is 35.2 Å². The molecule has 0 spiro atoms. The number of carbonyl (C=O) groups is 6. The summed E-state index contributed by atoms with van der Waals surface area (Å²) in [5.74, 6) is -6.28. The number of hydrogen-bond acceptors (Lipinski definition) is 6. The number of rotatable bonds is 4. The van der Waals surface area contributed by atoms with Crippen molar-refractivity contribution < 1.29 is 28.8 Å². The van der Waals surface area contributed by atoms with Gasteiger partial charge in [-0.1, -0.05) is 0 Å². The van der Waals surface area contributed by atoms with Gasteiger partial charge in [-0.05, 0) is 25.7 Å². The van der Waals surface area contributed by atoms with E-state index in [1.54, 1.807) is 0 Å². The average Bonchev–Trinajstić information content (AvgIpc) is 2.45. The van der Waals surface area contributed by atoms with Crippen LogP contribution < -0.4 is 22.9 Å². The lowest BCUT2D eigenvalue weighted by Crippen LogP contribution is -2.79. The summed E-state index contributed by atoms with van der Waals surface area (Å²) in [7, 11) is 0. The van der Waals surface area contributed by atoms with Gasteiger partial charge in [0, 0.05) is 0 Å². The third-order valence-corrected chi connectivity index (χ3v) is 6.04. The van der Waals surface area contributed by atoms with Crippen molar-refractivity contribution in [2.24, 2.45) is 44.6 Å². The Balaban J connectivity index is 2.42. The molecule has 0 unspecified atom stereocenters. The minimum Gasteiger partial charge on any atom is -0.369 e. The molecule has 4 rings (SSSR count). The number of Topliss-reactive ketones (excluding diaryl/α,β-unsaturated/α-hetero) is 2. The minimum atomic E-state index is -2.05. The van der Waals surface area contributed by atoms with E-state index in [1.165, 1.54) is 0 Å². The highest BCUT2D eigenvalue weighted by Crippen LogP contribution is 2.70. The summed E-state index contributed by atoms with van der Waals surface area (Å²) in [6, 6.07) is 0. The first-order valence-corrected chi connectivity index (χ1v) is 7.21. The van der Waals surface area contributed by atoms with Crippen molar-refractivity contribution in [3.05, 3.63) is 0 Å². The maximum absolute atomic E-state index is 12.9. The van der Waals surface area contributed by atoms with Crippen LogP contribution in [0.5, 0.6) is 0 Å². The Hall–Kier alpha value is -2.78. The van der Waals surface area contributed by atoms with Gasteiger partial charge >= 0.3 is 0 Å². The van der Waals surface area contributed by atoms with E-state index in [2.05, 4.69) is 0 Å². The van der Waals surface area contributed by atoms with Crippen molar-refractivity contribution in [2.75, 3.05) is 0 Å². The van der Waals surface area contributed by atoms with E-state index in [-0.39, 0.29) is 0 Å². The molecule has 128 valence electrons. The summed E-state index contributed by atoms with van der Waals surface area (Å²) >= 11 is 0. The fourth-order valence-electron chi connectivity index (χ4n) is 5.01. The first-order valence-electron chi connectivity index (χ1n) is 7.21. The van der Waals surface area contributed by atoms with Gasteiger partial charge in [0.15, 0.2) is 11.6 Å². The average molecular weight is 336 g/mol. The molecular weight excluding hydrogens is 320 g/mol. The zero-order valence-electron chi connectivity index (χ0n) is 12.6. The maximum Gasteiger partial charge on any atom is 0.231 e. The highest BCUT2D eigenvalue weighted by molar-refractivity contribution is 6.28. The Bertz CT molecular complexity index is 637. The molecule has 4 aliphatic rings. The van der Waals surface area contributed by atoms with Crippen LogP contribution in [-0.4, -0.2) is 35.2 Å². The summed E-state index contributed by atoms with van der Waals surface area (Å²) in [5, 5.41) is 0. The van der Waals surface area contributed by atoms with Gasteiger partial charge < -0.3 is 22.9 Å². The van der Waals surface area contributed by atoms with Gasteiger partial charge in [0.05, 0.1) is 0 Å².